The smallest absolute Gasteiger partial charge is 0.260 e. The first kappa shape index (κ1) is 15.8. The van der Waals surface area contributed by atoms with Crippen LogP contribution >= 0.6 is 11.6 Å². The summed E-state index contributed by atoms with van der Waals surface area (Å²) in [5, 5.41) is 0.623. The summed E-state index contributed by atoms with van der Waals surface area (Å²) in [5.41, 5.74) is 6.42. The summed E-state index contributed by atoms with van der Waals surface area (Å²) in [6.45, 7) is 5.78. The van der Waals surface area contributed by atoms with Crippen molar-refractivity contribution in [2.24, 2.45) is 5.73 Å². The van der Waals surface area contributed by atoms with Crippen LogP contribution in [-0.2, 0) is 11.2 Å². The third-order valence-electron chi connectivity index (χ3n) is 2.94. The van der Waals surface area contributed by atoms with Crippen LogP contribution in [0.2, 0.25) is 5.02 Å². The maximum absolute atomic E-state index is 11.9. The largest absolute Gasteiger partial charge is 0.483 e. The average molecular weight is 285 g/mol. The number of amides is 1. The van der Waals surface area contributed by atoms with Crippen LogP contribution < -0.4 is 10.5 Å². The van der Waals surface area contributed by atoms with Gasteiger partial charge in [-0.1, -0.05) is 17.7 Å². The first-order valence-electron chi connectivity index (χ1n) is 6.52. The van der Waals surface area contributed by atoms with Gasteiger partial charge < -0.3 is 15.4 Å². The summed E-state index contributed by atoms with van der Waals surface area (Å²) in [4.78, 5) is 13.6. The molecule has 1 rings (SSSR count). The zero-order chi connectivity index (χ0) is 14.3. The zero-order valence-electron chi connectivity index (χ0n) is 11.5. The Balaban J connectivity index is 2.72. The van der Waals surface area contributed by atoms with Gasteiger partial charge in [0.1, 0.15) is 5.75 Å². The van der Waals surface area contributed by atoms with Crippen molar-refractivity contribution >= 4 is 17.5 Å². The Bertz CT molecular complexity index is 420. The molecule has 1 amide bonds. The van der Waals surface area contributed by atoms with Crippen molar-refractivity contribution in [1.82, 2.24) is 4.90 Å². The van der Waals surface area contributed by atoms with Crippen LogP contribution in [0.15, 0.2) is 18.2 Å². The Hall–Kier alpha value is -1.26. The lowest BCUT2D eigenvalue weighted by Gasteiger charge is -2.19. The van der Waals surface area contributed by atoms with Crippen molar-refractivity contribution in [2.75, 3.05) is 26.2 Å². The van der Waals surface area contributed by atoms with E-state index in [1.165, 1.54) is 0 Å². The first-order valence-corrected chi connectivity index (χ1v) is 6.89. The second-order valence-electron chi connectivity index (χ2n) is 4.11. The number of carbonyl (C=O) groups excluding carboxylic acids is 1. The van der Waals surface area contributed by atoms with Crippen LogP contribution in [0.25, 0.3) is 0 Å². The number of halogens is 1. The van der Waals surface area contributed by atoms with Gasteiger partial charge in [-0.25, -0.2) is 0 Å². The second kappa shape index (κ2) is 8.02. The van der Waals surface area contributed by atoms with Crippen molar-refractivity contribution in [3.63, 3.8) is 0 Å². The molecule has 0 aliphatic rings. The van der Waals surface area contributed by atoms with Crippen LogP contribution in [0.5, 0.6) is 5.75 Å². The van der Waals surface area contributed by atoms with Crippen LogP contribution in [0, 0.1) is 0 Å². The lowest BCUT2D eigenvalue weighted by molar-refractivity contribution is -0.132. The molecule has 19 heavy (non-hydrogen) atoms. The molecule has 0 saturated heterocycles. The van der Waals surface area contributed by atoms with E-state index in [1.54, 1.807) is 17.0 Å². The SMILES string of the molecule is CCN(CC)C(=O)COc1cccc(Cl)c1CCN. The Morgan fingerprint density at radius 2 is 2.05 bits per heavy atom. The van der Waals surface area contributed by atoms with Crippen LogP contribution in [0.1, 0.15) is 19.4 Å². The molecule has 0 saturated carbocycles. The number of hydrogen-bond acceptors (Lipinski definition) is 3. The van der Waals surface area contributed by atoms with Crippen LogP contribution in [0.3, 0.4) is 0 Å². The molecule has 0 aromatic heterocycles. The molecule has 1 aromatic carbocycles. The number of rotatable bonds is 7. The third-order valence-corrected chi connectivity index (χ3v) is 3.29. The highest BCUT2D eigenvalue weighted by atomic mass is 35.5. The number of likely N-dealkylation sites (N-methyl/N-ethyl adjacent to an activating group) is 1. The van der Waals surface area contributed by atoms with Gasteiger partial charge in [0.05, 0.1) is 0 Å². The van der Waals surface area contributed by atoms with E-state index in [-0.39, 0.29) is 12.5 Å². The first-order chi connectivity index (χ1) is 9.13. The molecule has 5 heteroatoms. The van der Waals surface area contributed by atoms with Crippen molar-refractivity contribution in [2.45, 2.75) is 20.3 Å². The maximum Gasteiger partial charge on any atom is 0.260 e. The molecule has 0 spiro atoms. The average Bonchev–Trinajstić information content (AvgIpc) is 2.41. The molecule has 0 fully saturated rings. The van der Waals surface area contributed by atoms with Crippen molar-refractivity contribution in [3.8, 4) is 5.75 Å². The van der Waals surface area contributed by atoms with Gasteiger partial charge in [-0.15, -0.1) is 0 Å². The maximum atomic E-state index is 11.9. The van der Waals surface area contributed by atoms with Gasteiger partial charge >= 0.3 is 0 Å². The van der Waals surface area contributed by atoms with Gasteiger partial charge in [-0.05, 0) is 38.9 Å². The van der Waals surface area contributed by atoms with E-state index < -0.39 is 0 Å². The molecular weight excluding hydrogens is 264 g/mol. The zero-order valence-corrected chi connectivity index (χ0v) is 12.2. The standard InChI is InChI=1S/C14H21ClN2O2/c1-3-17(4-2)14(18)10-19-13-7-5-6-12(15)11(13)8-9-16/h5-7H,3-4,8-10,16H2,1-2H3. The van der Waals surface area contributed by atoms with Gasteiger partial charge in [0.25, 0.3) is 5.91 Å². The van der Waals surface area contributed by atoms with E-state index >= 15 is 0 Å². The number of carbonyl (C=O) groups is 1. The minimum absolute atomic E-state index is 0.0244. The molecule has 0 aliphatic carbocycles. The number of ether oxygens (including phenoxy) is 1. The number of benzene rings is 1. The van der Waals surface area contributed by atoms with Gasteiger partial charge in [-0.3, -0.25) is 4.79 Å². The van der Waals surface area contributed by atoms with Gasteiger partial charge in [0.2, 0.25) is 0 Å². The van der Waals surface area contributed by atoms with Crippen molar-refractivity contribution < 1.29 is 9.53 Å². The highest BCUT2D eigenvalue weighted by Crippen LogP contribution is 2.26. The van der Waals surface area contributed by atoms with E-state index in [4.69, 9.17) is 22.1 Å². The molecule has 0 bridgehead atoms. The molecule has 0 atom stereocenters. The Kier molecular flexibility index (Phi) is 6.67. The quantitative estimate of drug-likeness (QED) is 0.834. The van der Waals surface area contributed by atoms with E-state index in [0.717, 1.165) is 5.56 Å². The number of hydrogen-bond donors (Lipinski definition) is 1. The van der Waals surface area contributed by atoms with Crippen molar-refractivity contribution in [1.29, 1.82) is 0 Å². The topological polar surface area (TPSA) is 55.6 Å². The molecule has 0 heterocycles. The van der Waals surface area contributed by atoms with E-state index in [2.05, 4.69) is 0 Å². The molecular formula is C14H21ClN2O2. The summed E-state index contributed by atoms with van der Waals surface area (Å²) < 4.78 is 5.59. The van der Waals surface area contributed by atoms with E-state index in [1.807, 2.05) is 19.9 Å². The van der Waals surface area contributed by atoms with E-state index in [0.29, 0.717) is 36.8 Å². The minimum Gasteiger partial charge on any atom is -0.483 e. The predicted octanol–water partition coefficient (Wildman–Crippen LogP) is 2.09. The summed E-state index contributed by atoms with van der Waals surface area (Å²) >= 11 is 6.11. The monoisotopic (exact) mass is 284 g/mol. The summed E-state index contributed by atoms with van der Waals surface area (Å²) in [7, 11) is 0. The molecule has 4 nitrogen and oxygen atoms in total. The fourth-order valence-corrected chi connectivity index (χ4v) is 2.13. The molecule has 0 unspecified atom stereocenters. The lowest BCUT2D eigenvalue weighted by atomic mass is 10.1. The number of nitrogens with zero attached hydrogens (tertiary/aromatic N) is 1. The Morgan fingerprint density at radius 1 is 1.37 bits per heavy atom. The predicted molar refractivity (Wildman–Crippen MR) is 77.6 cm³/mol. The summed E-state index contributed by atoms with van der Waals surface area (Å²) in [6, 6.07) is 5.41. The molecule has 1 aromatic rings. The van der Waals surface area contributed by atoms with Crippen LogP contribution in [0.4, 0.5) is 0 Å². The Labute approximate surface area is 119 Å². The molecule has 106 valence electrons. The molecule has 0 aliphatic heterocycles. The van der Waals surface area contributed by atoms with Gasteiger partial charge in [0.15, 0.2) is 6.61 Å². The van der Waals surface area contributed by atoms with Gasteiger partial charge in [-0.2, -0.15) is 0 Å². The highest BCUT2D eigenvalue weighted by molar-refractivity contribution is 6.31. The molecule has 2 N–H and O–H groups in total. The second-order valence-corrected chi connectivity index (χ2v) is 4.52. The Morgan fingerprint density at radius 3 is 2.63 bits per heavy atom. The van der Waals surface area contributed by atoms with Crippen LogP contribution in [-0.4, -0.2) is 37.0 Å². The fraction of sp³-hybridized carbons (Fsp3) is 0.500. The van der Waals surface area contributed by atoms with Gasteiger partial charge in [0, 0.05) is 23.7 Å². The fourth-order valence-electron chi connectivity index (χ4n) is 1.87. The summed E-state index contributed by atoms with van der Waals surface area (Å²) in [5.74, 6) is 0.613. The lowest BCUT2D eigenvalue weighted by Crippen LogP contribution is -2.34. The number of nitrogens with two attached hydrogens (primary N) is 1. The molecule has 0 radical (unpaired) electrons. The normalized spacial score (nSPS) is 10.3. The highest BCUT2D eigenvalue weighted by Gasteiger charge is 2.12. The minimum atomic E-state index is -0.0244. The van der Waals surface area contributed by atoms with E-state index in [9.17, 15) is 4.79 Å². The summed E-state index contributed by atoms with van der Waals surface area (Å²) in [6.07, 6.45) is 0.633. The third kappa shape index (κ3) is 4.40. The van der Waals surface area contributed by atoms with Crippen molar-refractivity contribution in [3.05, 3.63) is 28.8 Å².